The molecule has 0 spiro atoms. The van der Waals surface area contributed by atoms with Crippen molar-refractivity contribution in [2.45, 2.75) is 115 Å². The highest BCUT2D eigenvalue weighted by atomic mass is 28.4. The molecule has 0 bridgehead atoms. The van der Waals surface area contributed by atoms with Crippen LogP contribution in [0.3, 0.4) is 0 Å². The van der Waals surface area contributed by atoms with Crippen LogP contribution in [0, 0.1) is 0 Å². The van der Waals surface area contributed by atoms with Crippen LogP contribution in [0.15, 0.2) is 0 Å². The lowest BCUT2D eigenvalue weighted by Gasteiger charge is -2.50. The van der Waals surface area contributed by atoms with Crippen molar-refractivity contribution in [2.75, 3.05) is 20.3 Å². The molecule has 1 rings (SSSR count). The average Bonchev–Trinajstić information content (AvgIpc) is 2.65. The van der Waals surface area contributed by atoms with Crippen LogP contribution < -0.4 is 0 Å². The molecule has 11 heteroatoms. The minimum absolute atomic E-state index is 0.181. The molecular weight excluding hydrogens is 476 g/mol. The molecule has 8 nitrogen and oxygen atoms in total. The van der Waals surface area contributed by atoms with Gasteiger partial charge in [-0.15, -0.1) is 0 Å². The van der Waals surface area contributed by atoms with Crippen LogP contribution >= 0.6 is 0 Å². The zero-order valence-electron chi connectivity index (χ0n) is 22.4. The van der Waals surface area contributed by atoms with E-state index in [9.17, 15) is 9.90 Å². The molecule has 1 aliphatic rings. The van der Waals surface area contributed by atoms with Gasteiger partial charge in [-0.2, -0.15) is 0 Å². The molecule has 1 fully saturated rings. The molecule has 5 atom stereocenters. The third-order valence-corrected chi connectivity index (χ3v) is 7.71. The second kappa shape index (κ2) is 13.3. The van der Waals surface area contributed by atoms with Gasteiger partial charge in [-0.25, -0.2) is 0 Å². The molecule has 1 heterocycles. The van der Waals surface area contributed by atoms with E-state index in [-0.39, 0.29) is 18.7 Å². The summed E-state index contributed by atoms with van der Waals surface area (Å²) in [5, 5.41) is 10.2. The van der Waals surface area contributed by atoms with Gasteiger partial charge in [-0.3, -0.25) is 4.79 Å². The minimum atomic E-state index is -1.98. The third-order valence-electron chi connectivity index (χ3n) is 4.78. The van der Waals surface area contributed by atoms with Crippen molar-refractivity contribution in [1.82, 2.24) is 0 Å². The molecular formula is C22H48O8Si3. The van der Waals surface area contributed by atoms with E-state index in [1.807, 2.05) is 0 Å². The van der Waals surface area contributed by atoms with Gasteiger partial charge in [0.05, 0.1) is 13.7 Å². The SMILES string of the molecule is COC(=O)CCCCCO[C@H]1O[C@H](CO)[C@@H](O[Si](C)(C)C)[C@H](O[Si](C)(C)C)[C@@H]1O[Si](C)(C)C. The fourth-order valence-electron chi connectivity index (χ4n) is 3.64. The number of methoxy groups -OCH3 is 1. The number of hydrogen-bond donors (Lipinski definition) is 1. The van der Waals surface area contributed by atoms with Gasteiger partial charge in [0, 0.05) is 13.0 Å². The van der Waals surface area contributed by atoms with Gasteiger partial charge in [0.1, 0.15) is 24.4 Å². The normalized spacial score (nSPS) is 26.9. The van der Waals surface area contributed by atoms with Gasteiger partial charge >= 0.3 is 5.97 Å². The molecule has 1 aliphatic heterocycles. The maximum atomic E-state index is 11.3. The molecule has 0 aliphatic carbocycles. The van der Waals surface area contributed by atoms with Crippen LogP contribution in [-0.2, 0) is 32.3 Å². The van der Waals surface area contributed by atoms with Gasteiger partial charge in [-0.05, 0) is 71.8 Å². The number of ether oxygens (including phenoxy) is 3. The van der Waals surface area contributed by atoms with E-state index in [1.165, 1.54) is 7.11 Å². The first kappa shape index (κ1) is 30.9. The minimum Gasteiger partial charge on any atom is -0.469 e. The zero-order chi connectivity index (χ0) is 25.4. The molecule has 0 amide bonds. The van der Waals surface area contributed by atoms with Crippen LogP contribution in [0.2, 0.25) is 58.9 Å². The molecule has 0 unspecified atom stereocenters. The lowest BCUT2D eigenvalue weighted by atomic mass is 9.99. The Balaban J connectivity index is 3.04. The van der Waals surface area contributed by atoms with Gasteiger partial charge in [0.25, 0.3) is 0 Å². The van der Waals surface area contributed by atoms with E-state index in [0.29, 0.717) is 13.0 Å². The molecule has 0 saturated carbocycles. The summed E-state index contributed by atoms with van der Waals surface area (Å²) in [4.78, 5) is 11.3. The van der Waals surface area contributed by atoms with Crippen LogP contribution in [0.1, 0.15) is 25.7 Å². The van der Waals surface area contributed by atoms with Crippen LogP contribution in [-0.4, -0.2) is 87.1 Å². The molecule has 1 N–H and O–H groups in total. The first-order chi connectivity index (χ1) is 15.1. The maximum absolute atomic E-state index is 11.3. The Morgan fingerprint density at radius 3 is 1.79 bits per heavy atom. The zero-order valence-corrected chi connectivity index (χ0v) is 25.4. The van der Waals surface area contributed by atoms with Gasteiger partial charge < -0.3 is 32.6 Å². The molecule has 0 aromatic carbocycles. The Bertz CT molecular complexity index is 586. The molecule has 0 radical (unpaired) electrons. The van der Waals surface area contributed by atoms with Crippen molar-refractivity contribution in [3.05, 3.63) is 0 Å². The van der Waals surface area contributed by atoms with Crippen molar-refractivity contribution in [3.63, 3.8) is 0 Å². The largest absolute Gasteiger partial charge is 0.469 e. The monoisotopic (exact) mass is 524 g/mol. The molecule has 0 aromatic rings. The Labute approximate surface area is 204 Å². The number of carbonyl (C=O) groups is 1. The third kappa shape index (κ3) is 12.4. The van der Waals surface area contributed by atoms with Crippen LogP contribution in [0.4, 0.5) is 0 Å². The van der Waals surface area contributed by atoms with E-state index in [4.69, 9.17) is 22.8 Å². The molecule has 196 valence electrons. The summed E-state index contributed by atoms with van der Waals surface area (Å²) >= 11 is 0. The Morgan fingerprint density at radius 2 is 1.30 bits per heavy atom. The lowest BCUT2D eigenvalue weighted by Crippen LogP contribution is -2.66. The summed E-state index contributed by atoms with van der Waals surface area (Å²) in [6.45, 7) is 19.5. The topological polar surface area (TPSA) is 92.7 Å². The summed E-state index contributed by atoms with van der Waals surface area (Å²) in [7, 11) is -4.52. The maximum Gasteiger partial charge on any atom is 0.305 e. The van der Waals surface area contributed by atoms with Crippen molar-refractivity contribution in [2.24, 2.45) is 0 Å². The highest BCUT2D eigenvalue weighted by Gasteiger charge is 2.51. The van der Waals surface area contributed by atoms with Crippen LogP contribution in [0.5, 0.6) is 0 Å². The highest BCUT2D eigenvalue weighted by molar-refractivity contribution is 6.70. The second-order valence-electron chi connectivity index (χ2n) is 11.6. The molecule has 0 aromatic heterocycles. The van der Waals surface area contributed by atoms with E-state index in [1.54, 1.807) is 0 Å². The summed E-state index contributed by atoms with van der Waals surface area (Å²) < 4.78 is 36.9. The van der Waals surface area contributed by atoms with Crippen molar-refractivity contribution >= 4 is 30.9 Å². The van der Waals surface area contributed by atoms with Gasteiger partial charge in [0.2, 0.25) is 0 Å². The fourth-order valence-corrected chi connectivity index (χ4v) is 6.88. The number of esters is 1. The number of unbranched alkanes of at least 4 members (excludes halogenated alkanes) is 2. The van der Waals surface area contributed by atoms with Gasteiger partial charge in [0.15, 0.2) is 31.2 Å². The summed E-state index contributed by atoms with van der Waals surface area (Å²) in [6.07, 6.45) is 0.342. The lowest BCUT2D eigenvalue weighted by molar-refractivity contribution is -0.291. The number of aliphatic hydroxyl groups is 1. The fraction of sp³-hybridized carbons (Fsp3) is 0.955. The molecule has 1 saturated heterocycles. The van der Waals surface area contributed by atoms with Crippen molar-refractivity contribution in [1.29, 1.82) is 0 Å². The highest BCUT2D eigenvalue weighted by Crippen LogP contribution is 2.34. The Morgan fingerprint density at radius 1 is 0.788 bits per heavy atom. The second-order valence-corrected chi connectivity index (χ2v) is 24.9. The van der Waals surface area contributed by atoms with E-state index < -0.39 is 49.6 Å². The van der Waals surface area contributed by atoms with Crippen LogP contribution in [0.25, 0.3) is 0 Å². The Kier molecular flexibility index (Phi) is 12.4. The predicted octanol–water partition coefficient (Wildman–Crippen LogP) is 4.11. The summed E-state index contributed by atoms with van der Waals surface area (Å²) in [6, 6.07) is 0. The standard InChI is InChI=1S/C22H48O8Si3/c1-25-18(24)14-12-11-13-15-26-22-21(30-33(8,9)10)20(29-32(5,6)7)19(17(16-23)27-22)28-31(2,3)4/h17,19-23H,11-16H2,1-10H3/t17-,19-,20+,21+,22+/m1/s1. The number of hydrogen-bond acceptors (Lipinski definition) is 8. The Hall–Kier alpha value is -0.119. The summed E-state index contributed by atoms with van der Waals surface area (Å²) in [5.74, 6) is -0.194. The molecule has 33 heavy (non-hydrogen) atoms. The van der Waals surface area contributed by atoms with Gasteiger partial charge in [-0.1, -0.05) is 6.42 Å². The quantitative estimate of drug-likeness (QED) is 0.206. The number of carbonyl (C=O) groups excluding carboxylic acids is 1. The van der Waals surface area contributed by atoms with Crippen molar-refractivity contribution < 1.29 is 37.4 Å². The predicted molar refractivity (Wildman–Crippen MR) is 137 cm³/mol. The van der Waals surface area contributed by atoms with Crippen molar-refractivity contribution in [3.8, 4) is 0 Å². The first-order valence-corrected chi connectivity index (χ1v) is 22.3. The van der Waals surface area contributed by atoms with E-state index in [0.717, 1.165) is 19.3 Å². The number of rotatable bonds is 14. The van der Waals surface area contributed by atoms with E-state index >= 15 is 0 Å². The number of aliphatic hydroxyl groups excluding tert-OH is 1. The summed E-state index contributed by atoms with van der Waals surface area (Å²) in [5.41, 5.74) is 0. The van der Waals surface area contributed by atoms with E-state index in [2.05, 4.69) is 63.7 Å². The smallest absolute Gasteiger partial charge is 0.305 e. The first-order valence-electron chi connectivity index (χ1n) is 12.0. The average molecular weight is 525 g/mol.